The number of sulfonamides is 1. The van der Waals surface area contributed by atoms with Crippen LogP contribution in [0, 0.1) is 5.82 Å². The summed E-state index contributed by atoms with van der Waals surface area (Å²) >= 11 is 0. The standard InChI is InChI=1S/C24H21F4N3O4S/c25-21-14-19(35-12-9-18-3-1-2-10-29-18)5-7-22(21)30-36(33,34)20-6-4-17-15-31(11-8-16(17)13-20)23(32)24(26,27)28/h1-7,10,13-14,30H,8-9,11-12,15H2. The predicted molar refractivity (Wildman–Crippen MR) is 122 cm³/mol. The van der Waals surface area contributed by atoms with Gasteiger partial charge in [-0.3, -0.25) is 14.5 Å². The molecular weight excluding hydrogens is 502 g/mol. The first-order valence-electron chi connectivity index (χ1n) is 10.9. The zero-order valence-corrected chi connectivity index (χ0v) is 19.6. The van der Waals surface area contributed by atoms with Crippen LogP contribution in [0.3, 0.4) is 0 Å². The first-order valence-corrected chi connectivity index (χ1v) is 12.3. The van der Waals surface area contributed by atoms with Crippen LogP contribution in [0.5, 0.6) is 5.75 Å². The van der Waals surface area contributed by atoms with Crippen molar-refractivity contribution in [1.82, 2.24) is 9.88 Å². The van der Waals surface area contributed by atoms with E-state index >= 15 is 0 Å². The molecule has 0 atom stereocenters. The van der Waals surface area contributed by atoms with Crippen LogP contribution >= 0.6 is 0 Å². The van der Waals surface area contributed by atoms with Crippen molar-refractivity contribution in [2.45, 2.75) is 30.5 Å². The van der Waals surface area contributed by atoms with Gasteiger partial charge < -0.3 is 9.64 Å². The highest BCUT2D eigenvalue weighted by Gasteiger charge is 2.43. The lowest BCUT2D eigenvalue weighted by Crippen LogP contribution is -2.43. The molecular formula is C24H21F4N3O4S. The van der Waals surface area contributed by atoms with Gasteiger partial charge in [-0.1, -0.05) is 12.1 Å². The topological polar surface area (TPSA) is 88.6 Å². The summed E-state index contributed by atoms with van der Waals surface area (Å²) in [4.78, 5) is 16.1. The number of alkyl halides is 3. The highest BCUT2D eigenvalue weighted by Crippen LogP contribution is 2.28. The fourth-order valence-electron chi connectivity index (χ4n) is 3.74. The summed E-state index contributed by atoms with van der Waals surface area (Å²) in [6, 6.07) is 13.1. The van der Waals surface area contributed by atoms with Crippen molar-refractivity contribution in [2.24, 2.45) is 0 Å². The third-order valence-electron chi connectivity index (χ3n) is 5.57. The van der Waals surface area contributed by atoms with Crippen molar-refractivity contribution < 1.29 is 35.5 Å². The van der Waals surface area contributed by atoms with Gasteiger partial charge in [-0.2, -0.15) is 13.2 Å². The van der Waals surface area contributed by atoms with Crippen molar-refractivity contribution in [1.29, 1.82) is 0 Å². The van der Waals surface area contributed by atoms with Gasteiger partial charge in [0.15, 0.2) is 5.82 Å². The number of rotatable bonds is 7. The van der Waals surface area contributed by atoms with Crippen molar-refractivity contribution in [2.75, 3.05) is 17.9 Å². The number of ether oxygens (including phenoxy) is 1. The van der Waals surface area contributed by atoms with Gasteiger partial charge >= 0.3 is 12.1 Å². The van der Waals surface area contributed by atoms with Crippen molar-refractivity contribution >= 4 is 21.6 Å². The molecule has 0 bridgehead atoms. The maximum atomic E-state index is 14.6. The molecule has 1 aliphatic heterocycles. The first-order chi connectivity index (χ1) is 17.0. The van der Waals surface area contributed by atoms with E-state index in [4.69, 9.17) is 4.74 Å². The summed E-state index contributed by atoms with van der Waals surface area (Å²) in [5.41, 5.74) is 1.44. The lowest BCUT2D eigenvalue weighted by molar-refractivity contribution is -0.186. The number of anilines is 1. The molecule has 12 heteroatoms. The summed E-state index contributed by atoms with van der Waals surface area (Å²) in [6.07, 6.45) is -2.76. The number of halogens is 4. The molecule has 3 aromatic rings. The average Bonchev–Trinajstić information content (AvgIpc) is 2.84. The van der Waals surface area contributed by atoms with Gasteiger partial charge in [-0.15, -0.1) is 0 Å². The number of benzene rings is 2. The Morgan fingerprint density at radius 1 is 1.08 bits per heavy atom. The van der Waals surface area contributed by atoms with E-state index in [1.165, 1.54) is 30.3 Å². The predicted octanol–water partition coefficient (Wildman–Crippen LogP) is 4.09. The lowest BCUT2D eigenvalue weighted by atomic mass is 10.00. The lowest BCUT2D eigenvalue weighted by Gasteiger charge is -2.29. The van der Waals surface area contributed by atoms with E-state index in [1.807, 2.05) is 12.1 Å². The molecule has 1 amide bonds. The summed E-state index contributed by atoms with van der Waals surface area (Å²) in [7, 11) is -4.19. The number of pyridine rings is 1. The van der Waals surface area contributed by atoms with E-state index in [0.717, 1.165) is 11.8 Å². The van der Waals surface area contributed by atoms with Crippen LogP contribution in [0.4, 0.5) is 23.2 Å². The molecule has 2 heterocycles. The van der Waals surface area contributed by atoms with Gasteiger partial charge in [-0.25, -0.2) is 12.8 Å². The molecule has 0 radical (unpaired) electrons. The maximum Gasteiger partial charge on any atom is 0.471 e. The molecule has 0 saturated carbocycles. The van der Waals surface area contributed by atoms with Crippen LogP contribution in [0.2, 0.25) is 0 Å². The second-order valence-electron chi connectivity index (χ2n) is 8.07. The van der Waals surface area contributed by atoms with E-state index < -0.39 is 27.9 Å². The van der Waals surface area contributed by atoms with Crippen LogP contribution in [0.15, 0.2) is 65.7 Å². The quantitative estimate of drug-likeness (QED) is 0.472. The van der Waals surface area contributed by atoms with Crippen LogP contribution in [-0.2, 0) is 34.2 Å². The smallest absolute Gasteiger partial charge is 0.471 e. The molecule has 0 spiro atoms. The highest BCUT2D eigenvalue weighted by molar-refractivity contribution is 7.92. The summed E-state index contributed by atoms with van der Waals surface area (Å²) < 4.78 is 86.1. The minimum Gasteiger partial charge on any atom is -0.493 e. The van der Waals surface area contributed by atoms with Gasteiger partial charge in [-0.05, 0) is 53.9 Å². The first kappa shape index (κ1) is 25.4. The van der Waals surface area contributed by atoms with Crippen LogP contribution in [-0.4, -0.2) is 43.5 Å². The molecule has 36 heavy (non-hydrogen) atoms. The van der Waals surface area contributed by atoms with Crippen LogP contribution in [0.1, 0.15) is 16.8 Å². The third kappa shape index (κ3) is 5.93. The van der Waals surface area contributed by atoms with Gasteiger partial charge in [0.1, 0.15) is 5.75 Å². The molecule has 0 aliphatic carbocycles. The molecule has 7 nitrogen and oxygen atoms in total. The summed E-state index contributed by atoms with van der Waals surface area (Å²) in [6.45, 7) is -0.223. The van der Waals surface area contributed by atoms with Crippen LogP contribution < -0.4 is 9.46 Å². The fourth-order valence-corrected chi connectivity index (χ4v) is 4.86. The number of nitrogens with one attached hydrogen (secondary N) is 1. The Labute approximate surface area is 204 Å². The van der Waals surface area contributed by atoms with Crippen molar-refractivity contribution in [3.05, 3.63) is 83.4 Å². The third-order valence-corrected chi connectivity index (χ3v) is 6.93. The van der Waals surface area contributed by atoms with E-state index in [1.54, 1.807) is 12.3 Å². The van der Waals surface area contributed by atoms with E-state index in [2.05, 4.69) is 9.71 Å². The normalized spacial score (nSPS) is 13.7. The second-order valence-corrected chi connectivity index (χ2v) is 9.75. The van der Waals surface area contributed by atoms with Crippen LogP contribution in [0.25, 0.3) is 0 Å². The van der Waals surface area contributed by atoms with Crippen molar-refractivity contribution in [3.63, 3.8) is 0 Å². The Balaban J connectivity index is 1.41. The molecule has 1 aliphatic rings. The number of nitrogens with zero attached hydrogens (tertiary/aromatic N) is 2. The molecule has 1 aromatic heterocycles. The maximum absolute atomic E-state index is 14.6. The van der Waals surface area contributed by atoms with Gasteiger partial charge in [0.2, 0.25) is 0 Å². The number of hydrogen-bond acceptors (Lipinski definition) is 5. The zero-order valence-electron chi connectivity index (χ0n) is 18.8. The van der Waals surface area contributed by atoms with Gasteiger partial charge in [0.25, 0.3) is 10.0 Å². The molecule has 0 unspecified atom stereocenters. The number of aromatic nitrogens is 1. The Kier molecular flexibility index (Phi) is 7.16. The molecule has 190 valence electrons. The van der Waals surface area contributed by atoms with E-state index in [0.29, 0.717) is 22.4 Å². The van der Waals surface area contributed by atoms with E-state index in [-0.39, 0.29) is 42.4 Å². The number of carbonyl (C=O) groups excluding carboxylic acids is 1. The monoisotopic (exact) mass is 523 g/mol. The Morgan fingerprint density at radius 3 is 2.58 bits per heavy atom. The largest absolute Gasteiger partial charge is 0.493 e. The molecule has 4 rings (SSSR count). The number of hydrogen-bond donors (Lipinski definition) is 1. The minimum absolute atomic E-state index is 0.0550. The number of carbonyl (C=O) groups is 1. The summed E-state index contributed by atoms with van der Waals surface area (Å²) in [5, 5.41) is 0. The number of amides is 1. The zero-order chi connectivity index (χ0) is 25.9. The van der Waals surface area contributed by atoms with E-state index in [9.17, 15) is 30.8 Å². The fraction of sp³-hybridized carbons (Fsp3) is 0.250. The Morgan fingerprint density at radius 2 is 1.89 bits per heavy atom. The highest BCUT2D eigenvalue weighted by atomic mass is 32.2. The van der Waals surface area contributed by atoms with Gasteiger partial charge in [0.05, 0.1) is 17.2 Å². The summed E-state index contributed by atoms with van der Waals surface area (Å²) in [5.74, 6) is -2.56. The SMILES string of the molecule is O=C(N1CCc2cc(S(=O)(=O)Nc3ccc(OCCc4ccccn4)cc3F)ccc2C1)C(F)(F)F. The molecule has 2 aromatic carbocycles. The molecule has 1 N–H and O–H groups in total. The minimum atomic E-state index is -4.98. The number of fused-ring (bicyclic) bond motifs is 1. The molecule has 0 fully saturated rings. The Hall–Kier alpha value is -3.67. The average molecular weight is 524 g/mol. The second kappa shape index (κ2) is 10.1. The Bertz CT molecular complexity index is 1370. The van der Waals surface area contributed by atoms with Crippen molar-refractivity contribution in [3.8, 4) is 5.75 Å². The van der Waals surface area contributed by atoms with Gasteiger partial charge in [0, 0.05) is 37.5 Å². The molecule has 0 saturated heterocycles.